The molecule has 0 unspecified atom stereocenters. The largest absolute Gasteiger partial charge is 0.507 e. The van der Waals surface area contributed by atoms with Crippen LogP contribution in [0.4, 0.5) is 23.2 Å². The molecule has 1 aliphatic heterocycles. The smallest absolute Gasteiger partial charge is 0.294 e. The molecule has 1 aromatic heterocycles. The number of hydrogen-bond donors (Lipinski definition) is 1. The molecule has 7 nitrogen and oxygen atoms in total. The topological polar surface area (TPSA) is 82.8 Å². The van der Waals surface area contributed by atoms with Crippen LogP contribution in [0, 0.1) is 23.3 Å². The Hall–Kier alpha value is -5.97. The molecule has 254 valence electrons. The molecule has 0 spiro atoms. The van der Waals surface area contributed by atoms with E-state index in [2.05, 4.69) is 4.90 Å². The summed E-state index contributed by atoms with van der Waals surface area (Å²) in [4.78, 5) is 43.1. The molecule has 1 amide bonds. The number of amides is 1. The standard InChI is InChI=1S/C39H31F4N3O4/c40-32-9-5-4-8-29(32)24-46-23-26(18-25-20-33(41)37(43)34(42)21-25)19-31(38(46)49)35(47)22-36(48)39(50)45-16-14-44(15-17-45)30-12-10-28(11-13-30)27-6-2-1-3-7-27/h1-13,19-23,47H,14-18,24H2/b35-22+. The molecule has 50 heavy (non-hydrogen) atoms. The van der Waals surface area contributed by atoms with Crippen LogP contribution in [0.2, 0.25) is 0 Å². The van der Waals surface area contributed by atoms with Crippen LogP contribution in [0.25, 0.3) is 16.9 Å². The minimum Gasteiger partial charge on any atom is -0.507 e. The van der Waals surface area contributed by atoms with E-state index in [1.165, 1.54) is 35.4 Å². The predicted molar refractivity (Wildman–Crippen MR) is 182 cm³/mol. The molecule has 4 aromatic carbocycles. The average molecular weight is 682 g/mol. The first-order valence-electron chi connectivity index (χ1n) is 15.8. The van der Waals surface area contributed by atoms with E-state index in [1.54, 1.807) is 6.07 Å². The molecule has 1 fully saturated rings. The third-order valence-corrected chi connectivity index (χ3v) is 8.55. The summed E-state index contributed by atoms with van der Waals surface area (Å²) in [7, 11) is 0. The molecule has 0 radical (unpaired) electrons. The average Bonchev–Trinajstić information content (AvgIpc) is 3.13. The highest BCUT2D eigenvalue weighted by atomic mass is 19.2. The van der Waals surface area contributed by atoms with Gasteiger partial charge in [-0.05, 0) is 65.1 Å². The number of aliphatic hydroxyl groups is 1. The van der Waals surface area contributed by atoms with Crippen LogP contribution in [0.5, 0.6) is 0 Å². The summed E-state index contributed by atoms with van der Waals surface area (Å²) in [5.41, 5.74) is 2.32. The monoisotopic (exact) mass is 681 g/mol. The van der Waals surface area contributed by atoms with Crippen LogP contribution in [0.15, 0.2) is 114 Å². The van der Waals surface area contributed by atoms with Crippen LogP contribution in [0.3, 0.4) is 0 Å². The molecule has 1 saturated heterocycles. The summed E-state index contributed by atoms with van der Waals surface area (Å²) >= 11 is 0. The minimum absolute atomic E-state index is 0.0180. The van der Waals surface area contributed by atoms with Gasteiger partial charge in [0, 0.05) is 49.7 Å². The van der Waals surface area contributed by atoms with Gasteiger partial charge in [0.05, 0.1) is 12.1 Å². The number of aromatic nitrogens is 1. The lowest BCUT2D eigenvalue weighted by atomic mass is 10.0. The Bertz CT molecular complexity index is 2120. The zero-order valence-electron chi connectivity index (χ0n) is 26.7. The van der Waals surface area contributed by atoms with Crippen molar-refractivity contribution in [2.24, 2.45) is 0 Å². The number of aliphatic hydroxyl groups excluding tert-OH is 1. The molecule has 0 aliphatic carbocycles. The van der Waals surface area contributed by atoms with Gasteiger partial charge in [-0.3, -0.25) is 14.4 Å². The van der Waals surface area contributed by atoms with Crippen molar-refractivity contribution in [3.05, 3.63) is 165 Å². The van der Waals surface area contributed by atoms with Gasteiger partial charge in [0.25, 0.3) is 11.5 Å². The molecule has 1 aliphatic rings. The Morgan fingerprint density at radius 3 is 2.00 bits per heavy atom. The lowest BCUT2D eigenvalue weighted by Gasteiger charge is -2.35. The van der Waals surface area contributed by atoms with E-state index >= 15 is 0 Å². The molecule has 2 heterocycles. The number of piperazine rings is 1. The van der Waals surface area contributed by atoms with Crippen molar-refractivity contribution in [1.29, 1.82) is 0 Å². The highest BCUT2D eigenvalue weighted by Gasteiger charge is 2.26. The van der Waals surface area contributed by atoms with Crippen LogP contribution in [-0.2, 0) is 22.6 Å². The maximum absolute atomic E-state index is 14.5. The minimum atomic E-state index is -1.64. The van der Waals surface area contributed by atoms with Crippen molar-refractivity contribution in [3.8, 4) is 11.1 Å². The van der Waals surface area contributed by atoms with Gasteiger partial charge in [-0.25, -0.2) is 17.6 Å². The molecular weight excluding hydrogens is 650 g/mol. The molecule has 5 aromatic rings. The van der Waals surface area contributed by atoms with E-state index < -0.39 is 51.8 Å². The van der Waals surface area contributed by atoms with E-state index in [4.69, 9.17) is 0 Å². The van der Waals surface area contributed by atoms with Crippen LogP contribution < -0.4 is 10.5 Å². The zero-order valence-corrected chi connectivity index (χ0v) is 26.7. The van der Waals surface area contributed by atoms with Crippen molar-refractivity contribution in [2.45, 2.75) is 13.0 Å². The van der Waals surface area contributed by atoms with Gasteiger partial charge < -0.3 is 19.5 Å². The van der Waals surface area contributed by atoms with Gasteiger partial charge in [0.15, 0.2) is 17.5 Å². The Balaban J connectivity index is 1.19. The van der Waals surface area contributed by atoms with Gasteiger partial charge in [-0.2, -0.15) is 0 Å². The third kappa shape index (κ3) is 7.52. The number of pyridine rings is 1. The van der Waals surface area contributed by atoms with Crippen molar-refractivity contribution >= 4 is 23.1 Å². The van der Waals surface area contributed by atoms with Crippen LogP contribution in [-0.4, -0.2) is 52.4 Å². The second-order valence-electron chi connectivity index (χ2n) is 11.9. The summed E-state index contributed by atoms with van der Waals surface area (Å²) < 4.78 is 57.0. The first-order valence-corrected chi connectivity index (χ1v) is 15.8. The summed E-state index contributed by atoms with van der Waals surface area (Å²) in [6.07, 6.45) is 1.76. The Kier molecular flexibility index (Phi) is 9.94. The normalized spacial score (nSPS) is 13.4. The van der Waals surface area contributed by atoms with Gasteiger partial charge in [-0.1, -0.05) is 60.7 Å². The highest BCUT2D eigenvalue weighted by Crippen LogP contribution is 2.24. The van der Waals surface area contributed by atoms with Gasteiger partial charge in [0.2, 0.25) is 5.78 Å². The summed E-state index contributed by atoms with van der Waals surface area (Å²) in [6.45, 7) is 1.14. The molecular formula is C39H31F4N3O4. The Morgan fingerprint density at radius 2 is 1.34 bits per heavy atom. The fourth-order valence-corrected chi connectivity index (χ4v) is 5.93. The van der Waals surface area contributed by atoms with Gasteiger partial charge >= 0.3 is 0 Å². The summed E-state index contributed by atoms with van der Waals surface area (Å²) in [5, 5.41) is 11.0. The van der Waals surface area contributed by atoms with E-state index in [9.17, 15) is 37.1 Å². The van der Waals surface area contributed by atoms with Crippen molar-refractivity contribution in [2.75, 3.05) is 31.1 Å². The molecule has 11 heteroatoms. The molecule has 0 saturated carbocycles. The fraction of sp³-hybridized carbons (Fsp3) is 0.154. The molecule has 1 N–H and O–H groups in total. The number of rotatable bonds is 9. The lowest BCUT2D eigenvalue weighted by molar-refractivity contribution is -0.142. The maximum atomic E-state index is 14.5. The van der Waals surface area contributed by atoms with E-state index in [-0.39, 0.29) is 42.7 Å². The summed E-state index contributed by atoms with van der Waals surface area (Å²) in [5.74, 6) is -7.79. The second-order valence-corrected chi connectivity index (χ2v) is 11.9. The molecule has 0 bridgehead atoms. The first kappa shape index (κ1) is 33.9. The quantitative estimate of drug-likeness (QED) is 0.0630. The molecule has 0 atom stereocenters. The third-order valence-electron chi connectivity index (χ3n) is 8.55. The number of carbonyl (C=O) groups is 2. The lowest BCUT2D eigenvalue weighted by Crippen LogP contribution is -2.50. The number of nitrogens with zero attached hydrogens (tertiary/aromatic N) is 3. The number of ketones is 1. The van der Waals surface area contributed by atoms with Crippen molar-refractivity contribution in [3.63, 3.8) is 0 Å². The van der Waals surface area contributed by atoms with E-state index in [0.29, 0.717) is 19.2 Å². The van der Waals surface area contributed by atoms with E-state index in [0.717, 1.165) is 33.5 Å². The fourth-order valence-electron chi connectivity index (χ4n) is 5.93. The van der Waals surface area contributed by atoms with Crippen molar-refractivity contribution in [1.82, 2.24) is 9.47 Å². The Labute approximate surface area is 285 Å². The highest BCUT2D eigenvalue weighted by molar-refractivity contribution is 6.41. The van der Waals surface area contributed by atoms with Crippen molar-refractivity contribution < 1.29 is 32.3 Å². The number of halogens is 4. The number of carbonyl (C=O) groups excluding carboxylic acids is 2. The Morgan fingerprint density at radius 1 is 0.720 bits per heavy atom. The van der Waals surface area contributed by atoms with Crippen LogP contribution in [0.1, 0.15) is 22.3 Å². The van der Waals surface area contributed by atoms with E-state index in [1.807, 2.05) is 54.6 Å². The first-order chi connectivity index (χ1) is 24.1. The second kappa shape index (κ2) is 14.7. The van der Waals surface area contributed by atoms with Gasteiger partial charge in [0.1, 0.15) is 11.6 Å². The zero-order chi connectivity index (χ0) is 35.4. The van der Waals surface area contributed by atoms with Gasteiger partial charge in [-0.15, -0.1) is 0 Å². The summed E-state index contributed by atoms with van der Waals surface area (Å²) in [6, 6.07) is 26.5. The number of benzene rings is 4. The van der Waals surface area contributed by atoms with Crippen LogP contribution >= 0.6 is 0 Å². The number of anilines is 1. The number of hydrogen-bond acceptors (Lipinski definition) is 5. The molecule has 6 rings (SSSR count). The maximum Gasteiger partial charge on any atom is 0.294 e. The SMILES string of the molecule is O=C(/C=C(/O)c1cc(Cc2cc(F)c(F)c(F)c2)cn(Cc2ccccc2F)c1=O)C(=O)N1CCN(c2ccc(-c3ccccc3)cc2)CC1. The predicted octanol–water partition coefficient (Wildman–Crippen LogP) is 6.53.